The third-order valence-corrected chi connectivity index (χ3v) is 3.80. The summed E-state index contributed by atoms with van der Waals surface area (Å²) in [6.45, 7) is 2.00. The summed E-state index contributed by atoms with van der Waals surface area (Å²) in [5.74, 6) is 0.00924. The fraction of sp³-hybridized carbons (Fsp3) is 0.316. The van der Waals surface area contributed by atoms with E-state index < -0.39 is 11.7 Å². The highest BCUT2D eigenvalue weighted by Crippen LogP contribution is 2.29. The molecule has 0 fully saturated rings. The van der Waals surface area contributed by atoms with Crippen LogP contribution in [0.3, 0.4) is 0 Å². The number of hydrogen-bond donors (Lipinski definition) is 1. The van der Waals surface area contributed by atoms with Gasteiger partial charge in [0.25, 0.3) is 0 Å². The second-order valence-corrected chi connectivity index (χ2v) is 5.96. The quantitative estimate of drug-likeness (QED) is 0.762. The Balaban J connectivity index is 1.80. The van der Waals surface area contributed by atoms with Crippen molar-refractivity contribution in [3.63, 3.8) is 0 Å². The van der Waals surface area contributed by atoms with Crippen LogP contribution in [0.4, 0.5) is 18.9 Å². The molecule has 2 rings (SSSR count). The normalized spacial score (nSPS) is 12.7. The van der Waals surface area contributed by atoms with Gasteiger partial charge >= 0.3 is 6.18 Å². The molecule has 2 aromatic carbocycles. The number of hydrogen-bond acceptors (Lipinski definition) is 1. The number of alkyl halides is 3. The molecular weight excluding hydrogens is 315 g/mol. The Kier molecular flexibility index (Phi) is 6.01. The monoisotopic (exact) mass is 335 g/mol. The summed E-state index contributed by atoms with van der Waals surface area (Å²) in [6, 6.07) is 14.5. The number of carbonyl (C=O) groups is 1. The molecule has 1 atom stereocenters. The summed E-state index contributed by atoms with van der Waals surface area (Å²) in [5, 5.41) is 2.64. The molecule has 0 aliphatic carbocycles. The number of carbonyl (C=O) groups excluding carboxylic acids is 1. The first kappa shape index (κ1) is 18.0. The van der Waals surface area contributed by atoms with Gasteiger partial charge < -0.3 is 5.32 Å². The van der Waals surface area contributed by atoms with E-state index in [4.69, 9.17) is 0 Å². The van der Waals surface area contributed by atoms with Gasteiger partial charge in [-0.15, -0.1) is 0 Å². The van der Waals surface area contributed by atoms with Crippen LogP contribution in [0.1, 0.15) is 30.9 Å². The van der Waals surface area contributed by atoms with Crippen LogP contribution in [-0.4, -0.2) is 5.91 Å². The van der Waals surface area contributed by atoms with Crippen LogP contribution < -0.4 is 5.32 Å². The van der Waals surface area contributed by atoms with Crippen LogP contribution in [-0.2, 0) is 17.4 Å². The Morgan fingerprint density at radius 3 is 2.25 bits per heavy atom. The zero-order valence-corrected chi connectivity index (χ0v) is 13.4. The van der Waals surface area contributed by atoms with Crippen molar-refractivity contribution in [2.24, 2.45) is 5.92 Å². The van der Waals surface area contributed by atoms with Gasteiger partial charge in [-0.25, -0.2) is 0 Å². The van der Waals surface area contributed by atoms with Crippen LogP contribution in [0.15, 0.2) is 54.6 Å². The lowest BCUT2D eigenvalue weighted by molar-refractivity contribution is -0.137. The van der Waals surface area contributed by atoms with Crippen molar-refractivity contribution in [1.82, 2.24) is 0 Å². The molecule has 0 saturated carbocycles. The minimum absolute atomic E-state index is 0.185. The van der Waals surface area contributed by atoms with Gasteiger partial charge in [0.15, 0.2) is 0 Å². The van der Waals surface area contributed by atoms with Crippen molar-refractivity contribution in [2.45, 2.75) is 32.4 Å². The van der Waals surface area contributed by atoms with Crippen molar-refractivity contribution in [1.29, 1.82) is 0 Å². The van der Waals surface area contributed by atoms with Crippen molar-refractivity contribution in [2.75, 3.05) is 5.32 Å². The van der Waals surface area contributed by atoms with E-state index in [-0.39, 0.29) is 11.8 Å². The van der Waals surface area contributed by atoms with Gasteiger partial charge in [0.1, 0.15) is 0 Å². The van der Waals surface area contributed by atoms with Gasteiger partial charge in [-0.05, 0) is 48.6 Å². The first-order valence-corrected chi connectivity index (χ1v) is 7.85. The number of rotatable bonds is 6. The minimum atomic E-state index is -4.37. The number of nitrogens with one attached hydrogen (secondary N) is 1. The Morgan fingerprint density at radius 1 is 1.04 bits per heavy atom. The molecule has 0 radical (unpaired) electrons. The summed E-state index contributed by atoms with van der Waals surface area (Å²) in [6.07, 6.45) is -2.25. The van der Waals surface area contributed by atoms with E-state index in [0.29, 0.717) is 12.1 Å². The highest BCUT2D eigenvalue weighted by atomic mass is 19.4. The van der Waals surface area contributed by atoms with Gasteiger partial charge in [-0.3, -0.25) is 4.79 Å². The highest BCUT2D eigenvalue weighted by molar-refractivity contribution is 5.90. The van der Waals surface area contributed by atoms with Crippen LogP contribution in [0.5, 0.6) is 0 Å². The molecular formula is C19H20F3NO. The van der Waals surface area contributed by atoms with Crippen molar-refractivity contribution < 1.29 is 18.0 Å². The molecule has 5 heteroatoms. The van der Waals surface area contributed by atoms with Gasteiger partial charge in [0, 0.05) is 12.1 Å². The summed E-state index contributed by atoms with van der Waals surface area (Å²) < 4.78 is 37.5. The minimum Gasteiger partial charge on any atom is -0.326 e. The molecule has 0 aliphatic rings. The van der Waals surface area contributed by atoms with Gasteiger partial charge in [0.05, 0.1) is 5.56 Å². The summed E-state index contributed by atoms with van der Waals surface area (Å²) in [4.78, 5) is 12.0. The predicted octanol–water partition coefficient (Wildman–Crippen LogP) is 5.30. The Labute approximate surface area is 139 Å². The summed E-state index contributed by atoms with van der Waals surface area (Å²) in [7, 11) is 0. The van der Waals surface area contributed by atoms with Gasteiger partial charge in [-0.1, -0.05) is 37.3 Å². The molecule has 1 amide bonds. The molecule has 0 unspecified atom stereocenters. The average Bonchev–Trinajstić information content (AvgIpc) is 2.53. The number of benzene rings is 2. The van der Waals surface area contributed by atoms with Crippen LogP contribution in [0.2, 0.25) is 0 Å². The van der Waals surface area contributed by atoms with Crippen molar-refractivity contribution in [3.05, 3.63) is 65.7 Å². The highest BCUT2D eigenvalue weighted by Gasteiger charge is 2.29. The molecule has 24 heavy (non-hydrogen) atoms. The maximum atomic E-state index is 12.5. The predicted molar refractivity (Wildman–Crippen MR) is 88.6 cm³/mol. The molecule has 2 aromatic rings. The Hall–Kier alpha value is -2.30. The van der Waals surface area contributed by atoms with E-state index in [1.807, 2.05) is 25.1 Å². The SMILES string of the molecule is C[C@H](CCc1ccccc1)CC(=O)Nc1ccc(C(F)(F)F)cc1. The molecule has 0 spiro atoms. The largest absolute Gasteiger partial charge is 0.416 e. The number of aryl methyl sites for hydroxylation is 1. The third kappa shape index (κ3) is 5.72. The fourth-order valence-corrected chi connectivity index (χ4v) is 2.43. The molecule has 0 heterocycles. The van der Waals surface area contributed by atoms with Crippen molar-refractivity contribution >= 4 is 11.6 Å². The van der Waals surface area contributed by atoms with E-state index in [0.717, 1.165) is 25.0 Å². The topological polar surface area (TPSA) is 29.1 Å². The molecule has 0 aliphatic heterocycles. The zero-order valence-electron chi connectivity index (χ0n) is 13.4. The molecule has 2 nitrogen and oxygen atoms in total. The van der Waals surface area contributed by atoms with Crippen LogP contribution in [0, 0.1) is 5.92 Å². The summed E-state index contributed by atoms with van der Waals surface area (Å²) >= 11 is 0. The van der Waals surface area contributed by atoms with Gasteiger partial charge in [-0.2, -0.15) is 13.2 Å². The molecule has 0 bridgehead atoms. The number of amides is 1. The number of anilines is 1. The second-order valence-electron chi connectivity index (χ2n) is 5.96. The van der Waals surface area contributed by atoms with Crippen molar-refractivity contribution in [3.8, 4) is 0 Å². The fourth-order valence-electron chi connectivity index (χ4n) is 2.43. The lowest BCUT2D eigenvalue weighted by Gasteiger charge is -2.12. The first-order valence-electron chi connectivity index (χ1n) is 7.85. The van der Waals surface area contributed by atoms with Crippen LogP contribution >= 0.6 is 0 Å². The lowest BCUT2D eigenvalue weighted by atomic mass is 9.98. The molecule has 0 saturated heterocycles. The van der Waals surface area contributed by atoms with E-state index in [1.165, 1.54) is 17.7 Å². The van der Waals surface area contributed by atoms with E-state index in [1.54, 1.807) is 0 Å². The summed E-state index contributed by atoms with van der Waals surface area (Å²) in [5.41, 5.74) is 0.882. The van der Waals surface area contributed by atoms with Crippen LogP contribution in [0.25, 0.3) is 0 Å². The molecule has 1 N–H and O–H groups in total. The molecule has 0 aromatic heterocycles. The first-order chi connectivity index (χ1) is 11.3. The van der Waals surface area contributed by atoms with E-state index >= 15 is 0 Å². The maximum Gasteiger partial charge on any atom is 0.416 e. The third-order valence-electron chi connectivity index (χ3n) is 3.80. The van der Waals surface area contributed by atoms with E-state index in [2.05, 4.69) is 17.4 Å². The van der Waals surface area contributed by atoms with Gasteiger partial charge in [0.2, 0.25) is 5.91 Å². The zero-order chi connectivity index (χ0) is 17.6. The average molecular weight is 335 g/mol. The Bertz CT molecular complexity index is 651. The second kappa shape index (κ2) is 7.99. The maximum absolute atomic E-state index is 12.5. The smallest absolute Gasteiger partial charge is 0.326 e. The molecule has 128 valence electrons. The van der Waals surface area contributed by atoms with E-state index in [9.17, 15) is 18.0 Å². The lowest BCUT2D eigenvalue weighted by Crippen LogP contribution is -2.15. The Morgan fingerprint density at radius 2 is 1.67 bits per heavy atom. The standard InChI is InChI=1S/C19H20F3NO/c1-14(7-8-15-5-3-2-4-6-15)13-18(24)23-17-11-9-16(10-12-17)19(20,21)22/h2-6,9-12,14H,7-8,13H2,1H3,(H,23,24)/t14-/m1/s1. The number of halogens is 3.